The highest BCUT2D eigenvalue weighted by Gasteiger charge is 2.27. The molecule has 5 nitrogen and oxygen atoms in total. The molecule has 1 aromatic rings. The molecule has 2 amide bonds. The first kappa shape index (κ1) is 15.6. The second-order valence-corrected chi connectivity index (χ2v) is 5.77. The predicted molar refractivity (Wildman–Crippen MR) is 82.4 cm³/mol. The van der Waals surface area contributed by atoms with E-state index >= 15 is 0 Å². The Hall–Kier alpha value is -1.82. The van der Waals surface area contributed by atoms with Gasteiger partial charge in [0.15, 0.2) is 5.75 Å². The maximum Gasteiger partial charge on any atom is 0.257 e. The minimum absolute atomic E-state index is 0.138. The minimum atomic E-state index is -0.252. The predicted octanol–water partition coefficient (Wildman–Crippen LogP) is 2.28. The molecule has 1 aliphatic rings. The zero-order valence-corrected chi connectivity index (χ0v) is 13.1. The molecule has 1 unspecified atom stereocenters. The van der Waals surface area contributed by atoms with Gasteiger partial charge in [0, 0.05) is 17.6 Å². The normalized spacial score (nSPS) is 18.0. The monoisotopic (exact) mass is 352 g/mol. The van der Waals surface area contributed by atoms with E-state index in [1.165, 1.54) is 6.08 Å². The molecule has 1 atom stereocenters. The van der Waals surface area contributed by atoms with Gasteiger partial charge < -0.3 is 9.74 Å². The van der Waals surface area contributed by atoms with Gasteiger partial charge in [0.05, 0.1) is 5.92 Å². The number of hydrogen-bond donors (Lipinski definition) is 1. The number of nitrogens with zero attached hydrogens (tertiary/aromatic N) is 1. The van der Waals surface area contributed by atoms with Crippen LogP contribution in [-0.4, -0.2) is 29.8 Å². The molecule has 1 aliphatic heterocycles. The lowest BCUT2D eigenvalue weighted by atomic mass is 9.97. The second-order valence-electron chi connectivity index (χ2n) is 4.85. The summed E-state index contributed by atoms with van der Waals surface area (Å²) in [6.07, 6.45) is 2.82. The number of amides is 2. The lowest BCUT2D eigenvalue weighted by Gasteiger charge is -2.31. The lowest BCUT2D eigenvalue weighted by Crippen LogP contribution is -2.45. The van der Waals surface area contributed by atoms with Gasteiger partial charge in [0.2, 0.25) is 5.91 Å². The zero-order valence-electron chi connectivity index (χ0n) is 11.5. The first-order chi connectivity index (χ1) is 10.1. The van der Waals surface area contributed by atoms with Crippen LogP contribution in [0.4, 0.5) is 0 Å². The third kappa shape index (κ3) is 4.32. The van der Waals surface area contributed by atoms with E-state index in [-0.39, 0.29) is 17.7 Å². The molecule has 0 radical (unpaired) electrons. The minimum Gasteiger partial charge on any atom is -0.380 e. The number of rotatable bonds is 4. The van der Waals surface area contributed by atoms with E-state index in [0.717, 1.165) is 17.3 Å². The third-order valence-corrected chi connectivity index (χ3v) is 3.89. The van der Waals surface area contributed by atoms with Crippen molar-refractivity contribution in [3.63, 3.8) is 0 Å². The molecule has 1 fully saturated rings. The number of piperidine rings is 1. The molecule has 1 aromatic carbocycles. The van der Waals surface area contributed by atoms with Crippen molar-refractivity contribution >= 4 is 27.7 Å². The van der Waals surface area contributed by atoms with Crippen LogP contribution in [0.5, 0.6) is 5.75 Å². The summed E-state index contributed by atoms with van der Waals surface area (Å²) in [5.41, 5.74) is 2.45. The highest BCUT2D eigenvalue weighted by Crippen LogP contribution is 2.18. The second kappa shape index (κ2) is 7.26. The highest BCUT2D eigenvalue weighted by atomic mass is 79.9. The summed E-state index contributed by atoms with van der Waals surface area (Å²) < 4.78 is 0.937. The SMILES string of the molecule is C=CC(=O)N1CCCC(C(=O)NOc2ccc(Br)cc2)C1. The number of benzene rings is 1. The van der Waals surface area contributed by atoms with Crippen molar-refractivity contribution in [3.8, 4) is 5.75 Å². The zero-order chi connectivity index (χ0) is 15.2. The van der Waals surface area contributed by atoms with Gasteiger partial charge in [-0.2, -0.15) is 5.48 Å². The van der Waals surface area contributed by atoms with Crippen LogP contribution in [0.3, 0.4) is 0 Å². The standard InChI is InChI=1S/C15H17BrN2O3/c1-2-14(19)18-9-3-4-11(10-18)15(20)17-21-13-7-5-12(16)6-8-13/h2,5-8,11H,1,3-4,9-10H2,(H,17,20). The number of nitrogens with one attached hydrogen (secondary N) is 1. The molecular formula is C15H17BrN2O3. The van der Waals surface area contributed by atoms with E-state index < -0.39 is 0 Å². The maximum absolute atomic E-state index is 12.1. The van der Waals surface area contributed by atoms with Crippen molar-refractivity contribution in [2.24, 2.45) is 5.92 Å². The number of halogens is 1. The number of likely N-dealkylation sites (tertiary alicyclic amines) is 1. The van der Waals surface area contributed by atoms with Crippen molar-refractivity contribution < 1.29 is 14.4 Å². The average molecular weight is 353 g/mol. The van der Waals surface area contributed by atoms with E-state index in [9.17, 15) is 9.59 Å². The summed E-state index contributed by atoms with van der Waals surface area (Å²) in [6, 6.07) is 7.15. The number of carbonyl (C=O) groups is 2. The smallest absolute Gasteiger partial charge is 0.257 e. The fourth-order valence-corrected chi connectivity index (χ4v) is 2.48. The molecule has 0 saturated carbocycles. The first-order valence-electron chi connectivity index (χ1n) is 6.74. The Morgan fingerprint density at radius 1 is 1.38 bits per heavy atom. The molecule has 112 valence electrons. The number of carbonyl (C=O) groups excluding carboxylic acids is 2. The van der Waals surface area contributed by atoms with Gasteiger partial charge in [-0.3, -0.25) is 9.59 Å². The summed E-state index contributed by atoms with van der Waals surface area (Å²) in [4.78, 5) is 30.6. The first-order valence-corrected chi connectivity index (χ1v) is 7.53. The molecule has 6 heteroatoms. The Kier molecular flexibility index (Phi) is 5.38. The van der Waals surface area contributed by atoms with Gasteiger partial charge in [0.25, 0.3) is 5.91 Å². The van der Waals surface area contributed by atoms with E-state index in [4.69, 9.17) is 4.84 Å². The molecule has 0 aromatic heterocycles. The molecule has 1 N–H and O–H groups in total. The van der Waals surface area contributed by atoms with Crippen LogP contribution < -0.4 is 10.3 Å². The van der Waals surface area contributed by atoms with Crippen LogP contribution in [0.1, 0.15) is 12.8 Å². The van der Waals surface area contributed by atoms with Gasteiger partial charge in [-0.25, -0.2) is 0 Å². The fraction of sp³-hybridized carbons (Fsp3) is 0.333. The van der Waals surface area contributed by atoms with Gasteiger partial charge in [-0.15, -0.1) is 0 Å². The van der Waals surface area contributed by atoms with Crippen LogP contribution >= 0.6 is 15.9 Å². The van der Waals surface area contributed by atoms with Crippen molar-refractivity contribution in [1.29, 1.82) is 0 Å². The molecule has 0 bridgehead atoms. The van der Waals surface area contributed by atoms with Gasteiger partial charge >= 0.3 is 0 Å². The molecule has 1 saturated heterocycles. The molecule has 0 spiro atoms. The fourth-order valence-electron chi connectivity index (χ4n) is 2.22. The van der Waals surface area contributed by atoms with Crippen molar-refractivity contribution in [2.75, 3.05) is 13.1 Å². The quantitative estimate of drug-likeness (QED) is 0.668. The molecule has 0 aliphatic carbocycles. The summed E-state index contributed by atoms with van der Waals surface area (Å²) >= 11 is 3.33. The third-order valence-electron chi connectivity index (χ3n) is 3.36. The summed E-state index contributed by atoms with van der Waals surface area (Å²) in [5.74, 6) is -0.0414. The Labute approximate surface area is 132 Å². The topological polar surface area (TPSA) is 58.6 Å². The molecule has 2 rings (SSSR count). The number of hydroxylamine groups is 1. The Morgan fingerprint density at radius 2 is 2.10 bits per heavy atom. The van der Waals surface area contributed by atoms with Crippen LogP contribution in [0.25, 0.3) is 0 Å². The van der Waals surface area contributed by atoms with Crippen LogP contribution in [0.15, 0.2) is 41.4 Å². The largest absolute Gasteiger partial charge is 0.380 e. The van der Waals surface area contributed by atoms with E-state index in [0.29, 0.717) is 18.8 Å². The lowest BCUT2D eigenvalue weighted by molar-refractivity contribution is -0.136. The summed E-state index contributed by atoms with van der Waals surface area (Å²) in [5, 5.41) is 0. The van der Waals surface area contributed by atoms with Crippen LogP contribution in [0.2, 0.25) is 0 Å². The van der Waals surface area contributed by atoms with Crippen molar-refractivity contribution in [1.82, 2.24) is 10.4 Å². The van der Waals surface area contributed by atoms with Gasteiger partial charge in [-0.1, -0.05) is 22.5 Å². The maximum atomic E-state index is 12.1. The number of hydrogen-bond acceptors (Lipinski definition) is 3. The molecule has 1 heterocycles. The van der Waals surface area contributed by atoms with Gasteiger partial charge in [-0.05, 0) is 43.2 Å². The summed E-state index contributed by atoms with van der Waals surface area (Å²) in [7, 11) is 0. The van der Waals surface area contributed by atoms with Gasteiger partial charge in [0.1, 0.15) is 0 Å². The Bertz CT molecular complexity index is 530. The Morgan fingerprint density at radius 3 is 2.76 bits per heavy atom. The average Bonchev–Trinajstić information content (AvgIpc) is 2.53. The highest BCUT2D eigenvalue weighted by molar-refractivity contribution is 9.10. The van der Waals surface area contributed by atoms with Crippen molar-refractivity contribution in [2.45, 2.75) is 12.8 Å². The van der Waals surface area contributed by atoms with Crippen molar-refractivity contribution in [3.05, 3.63) is 41.4 Å². The summed E-state index contributed by atoms with van der Waals surface area (Å²) in [6.45, 7) is 4.54. The van der Waals surface area contributed by atoms with E-state index in [2.05, 4.69) is 28.0 Å². The van der Waals surface area contributed by atoms with Crippen LogP contribution in [0, 0.1) is 5.92 Å². The molecular weight excluding hydrogens is 336 g/mol. The van der Waals surface area contributed by atoms with E-state index in [1.807, 2.05) is 12.1 Å². The molecule has 21 heavy (non-hydrogen) atoms. The Balaban J connectivity index is 1.86. The van der Waals surface area contributed by atoms with E-state index in [1.54, 1.807) is 17.0 Å². The van der Waals surface area contributed by atoms with Crippen LogP contribution in [-0.2, 0) is 9.59 Å².